The number of aromatic nitrogens is 2. The topological polar surface area (TPSA) is 42.9 Å². The van der Waals surface area contributed by atoms with Crippen molar-refractivity contribution < 1.29 is 4.79 Å². The summed E-state index contributed by atoms with van der Waals surface area (Å²) in [6, 6.07) is 0. The lowest BCUT2D eigenvalue weighted by molar-refractivity contribution is 0.112. The van der Waals surface area contributed by atoms with Crippen molar-refractivity contribution in [2.45, 2.75) is 0 Å². The van der Waals surface area contributed by atoms with Gasteiger partial charge in [0, 0.05) is 12.4 Å². The highest BCUT2D eigenvalue weighted by Crippen LogP contribution is 1.98. The first-order valence-corrected chi connectivity index (χ1v) is 3.05. The largest absolute Gasteiger partial charge is 0.298 e. The monoisotopic (exact) mass is 186 g/mol. The molecule has 0 aliphatic carbocycles. The van der Waals surface area contributed by atoms with Crippen LogP contribution in [0.3, 0.4) is 0 Å². The zero-order chi connectivity index (χ0) is 6.69. The SMILES string of the molecule is O=Cc1cnc(Br)nc1. The van der Waals surface area contributed by atoms with E-state index in [1.54, 1.807) is 0 Å². The molecule has 1 aromatic rings. The summed E-state index contributed by atoms with van der Waals surface area (Å²) < 4.78 is 0.494. The molecule has 9 heavy (non-hydrogen) atoms. The minimum atomic E-state index is 0.484. The van der Waals surface area contributed by atoms with Gasteiger partial charge in [-0.1, -0.05) is 0 Å². The molecule has 0 saturated heterocycles. The van der Waals surface area contributed by atoms with Crippen molar-refractivity contribution in [3.8, 4) is 0 Å². The second-order valence-corrected chi connectivity index (χ2v) is 2.11. The van der Waals surface area contributed by atoms with E-state index in [1.807, 2.05) is 0 Å². The van der Waals surface area contributed by atoms with Gasteiger partial charge in [0.05, 0.1) is 5.56 Å². The molecule has 0 amide bonds. The Hall–Kier alpha value is -0.770. The molecule has 0 bridgehead atoms. The molecule has 0 N–H and O–H groups in total. The number of carbonyl (C=O) groups is 1. The van der Waals surface area contributed by atoms with Crippen molar-refractivity contribution in [3.05, 3.63) is 22.7 Å². The molecule has 0 saturated carbocycles. The van der Waals surface area contributed by atoms with Crippen molar-refractivity contribution in [2.75, 3.05) is 0 Å². The third kappa shape index (κ3) is 1.57. The van der Waals surface area contributed by atoms with Gasteiger partial charge in [0.1, 0.15) is 0 Å². The molecule has 0 atom stereocenters. The highest BCUT2D eigenvalue weighted by Gasteiger charge is 1.89. The number of halogens is 1. The molecule has 1 aromatic heterocycles. The molecule has 4 heteroatoms. The van der Waals surface area contributed by atoms with E-state index < -0.39 is 0 Å². The van der Waals surface area contributed by atoms with Gasteiger partial charge < -0.3 is 0 Å². The molecule has 0 radical (unpaired) electrons. The quantitative estimate of drug-likeness (QED) is 0.487. The predicted molar refractivity (Wildman–Crippen MR) is 35.1 cm³/mol. The lowest BCUT2D eigenvalue weighted by Crippen LogP contribution is -1.85. The van der Waals surface area contributed by atoms with Crippen molar-refractivity contribution >= 4 is 22.2 Å². The van der Waals surface area contributed by atoms with Gasteiger partial charge in [-0.05, 0) is 15.9 Å². The maximum Gasteiger partial charge on any atom is 0.196 e. The fraction of sp³-hybridized carbons (Fsp3) is 0. The van der Waals surface area contributed by atoms with Crippen LogP contribution in [0.15, 0.2) is 17.1 Å². The number of carbonyl (C=O) groups excluding carboxylic acids is 1. The van der Waals surface area contributed by atoms with E-state index in [9.17, 15) is 4.79 Å². The minimum Gasteiger partial charge on any atom is -0.298 e. The van der Waals surface area contributed by atoms with E-state index in [0.29, 0.717) is 16.6 Å². The normalized spacial score (nSPS) is 9.00. The van der Waals surface area contributed by atoms with E-state index >= 15 is 0 Å². The fourth-order valence-corrected chi connectivity index (χ4v) is 0.588. The summed E-state index contributed by atoms with van der Waals surface area (Å²) in [4.78, 5) is 17.5. The number of hydrogen-bond acceptors (Lipinski definition) is 3. The second-order valence-electron chi connectivity index (χ2n) is 1.40. The first kappa shape index (κ1) is 6.35. The summed E-state index contributed by atoms with van der Waals surface area (Å²) in [5, 5.41) is 0. The molecular weight excluding hydrogens is 184 g/mol. The summed E-state index contributed by atoms with van der Waals surface area (Å²) in [6.45, 7) is 0. The van der Waals surface area contributed by atoms with Gasteiger partial charge in [0.2, 0.25) is 0 Å². The molecule has 0 aromatic carbocycles. The van der Waals surface area contributed by atoms with E-state index in [0.717, 1.165) is 0 Å². The first-order chi connectivity index (χ1) is 4.33. The highest BCUT2D eigenvalue weighted by molar-refractivity contribution is 9.10. The van der Waals surface area contributed by atoms with Gasteiger partial charge in [0.15, 0.2) is 11.0 Å². The number of aldehydes is 1. The molecule has 0 spiro atoms. The maximum atomic E-state index is 10.0. The van der Waals surface area contributed by atoms with Crippen LogP contribution >= 0.6 is 15.9 Å². The van der Waals surface area contributed by atoms with Crippen molar-refractivity contribution in [2.24, 2.45) is 0 Å². The Morgan fingerprint density at radius 1 is 1.44 bits per heavy atom. The Labute approximate surface area is 60.3 Å². The van der Waals surface area contributed by atoms with Crippen LogP contribution in [0.5, 0.6) is 0 Å². The molecule has 0 aliphatic heterocycles. The maximum absolute atomic E-state index is 10.0. The molecule has 3 nitrogen and oxygen atoms in total. The van der Waals surface area contributed by atoms with Gasteiger partial charge in [0.25, 0.3) is 0 Å². The predicted octanol–water partition coefficient (Wildman–Crippen LogP) is 1.05. The van der Waals surface area contributed by atoms with Crippen molar-refractivity contribution in [1.82, 2.24) is 9.97 Å². The zero-order valence-electron chi connectivity index (χ0n) is 4.41. The van der Waals surface area contributed by atoms with Gasteiger partial charge in [-0.2, -0.15) is 0 Å². The van der Waals surface area contributed by atoms with E-state index in [-0.39, 0.29) is 0 Å². The van der Waals surface area contributed by atoms with Crippen LogP contribution in [-0.2, 0) is 0 Å². The van der Waals surface area contributed by atoms with Crippen LogP contribution in [0.2, 0.25) is 0 Å². The van der Waals surface area contributed by atoms with Gasteiger partial charge in [-0.3, -0.25) is 4.79 Å². The summed E-state index contributed by atoms with van der Waals surface area (Å²) in [6.07, 6.45) is 3.60. The molecule has 0 aliphatic rings. The van der Waals surface area contributed by atoms with Crippen LogP contribution < -0.4 is 0 Å². The van der Waals surface area contributed by atoms with Crippen LogP contribution in [0.1, 0.15) is 10.4 Å². The molecule has 1 heterocycles. The Kier molecular flexibility index (Phi) is 1.89. The van der Waals surface area contributed by atoms with Gasteiger partial charge >= 0.3 is 0 Å². The molecule has 0 fully saturated rings. The molecule has 46 valence electrons. The minimum absolute atomic E-state index is 0.484. The Balaban J connectivity index is 3.01. The van der Waals surface area contributed by atoms with E-state index in [4.69, 9.17) is 0 Å². The van der Waals surface area contributed by atoms with Crippen molar-refractivity contribution in [1.29, 1.82) is 0 Å². The highest BCUT2D eigenvalue weighted by atomic mass is 79.9. The molecule has 0 unspecified atom stereocenters. The standard InChI is InChI=1S/C5H3BrN2O/c6-5-7-1-4(3-9)2-8-5/h1-3H. The van der Waals surface area contributed by atoms with Gasteiger partial charge in [-0.25, -0.2) is 9.97 Å². The fourth-order valence-electron chi connectivity index (χ4n) is 0.383. The Morgan fingerprint density at radius 2 is 2.00 bits per heavy atom. The third-order valence-corrected chi connectivity index (χ3v) is 1.19. The smallest absolute Gasteiger partial charge is 0.196 e. The van der Waals surface area contributed by atoms with Crippen LogP contribution in [0.4, 0.5) is 0 Å². The van der Waals surface area contributed by atoms with Crippen LogP contribution in [0, 0.1) is 0 Å². The Bertz CT molecular complexity index is 209. The van der Waals surface area contributed by atoms with E-state index in [2.05, 4.69) is 25.9 Å². The van der Waals surface area contributed by atoms with E-state index in [1.165, 1.54) is 12.4 Å². The van der Waals surface area contributed by atoms with Gasteiger partial charge in [-0.15, -0.1) is 0 Å². The van der Waals surface area contributed by atoms with Crippen LogP contribution in [0.25, 0.3) is 0 Å². The Morgan fingerprint density at radius 3 is 2.44 bits per heavy atom. The third-order valence-electron chi connectivity index (χ3n) is 0.776. The number of hydrogen-bond donors (Lipinski definition) is 0. The molecule has 1 rings (SSSR count). The first-order valence-electron chi connectivity index (χ1n) is 2.25. The second kappa shape index (κ2) is 2.68. The van der Waals surface area contributed by atoms with Crippen molar-refractivity contribution in [3.63, 3.8) is 0 Å². The summed E-state index contributed by atoms with van der Waals surface area (Å²) in [5.74, 6) is 0. The number of rotatable bonds is 1. The lowest BCUT2D eigenvalue weighted by atomic mass is 10.4. The average Bonchev–Trinajstić information content (AvgIpc) is 1.90. The summed E-state index contributed by atoms with van der Waals surface area (Å²) >= 11 is 3.04. The number of nitrogens with zero attached hydrogens (tertiary/aromatic N) is 2. The summed E-state index contributed by atoms with van der Waals surface area (Å²) in [7, 11) is 0. The van der Waals surface area contributed by atoms with Crippen LogP contribution in [-0.4, -0.2) is 16.3 Å². The molecular formula is C5H3BrN2O. The summed E-state index contributed by atoms with van der Waals surface area (Å²) in [5.41, 5.74) is 0.484. The zero-order valence-corrected chi connectivity index (χ0v) is 6.00. The lowest BCUT2D eigenvalue weighted by Gasteiger charge is -1.86. The average molecular weight is 187 g/mol.